The largest absolute Gasteiger partial charge is 0.481 e. The highest BCUT2D eigenvalue weighted by molar-refractivity contribution is 6.30. The van der Waals surface area contributed by atoms with Crippen molar-refractivity contribution >= 4 is 75.8 Å². The number of carboxylic acid groups (broad SMARTS) is 1. The first-order valence-corrected chi connectivity index (χ1v) is 26.4. The number of para-hydroxylation sites is 1. The summed E-state index contributed by atoms with van der Waals surface area (Å²) >= 11 is 6.21. The van der Waals surface area contributed by atoms with E-state index in [1.165, 1.54) is 0 Å². The molecular formula is C56H71ClN12O10. The zero-order chi connectivity index (χ0) is 57.1. The van der Waals surface area contributed by atoms with Crippen LogP contribution >= 0.6 is 11.6 Å². The molecule has 6 atom stereocenters. The van der Waals surface area contributed by atoms with Gasteiger partial charge in [0, 0.05) is 54.4 Å². The molecule has 7 amide bonds. The smallest absolute Gasteiger partial charge is 0.305 e. The molecule has 422 valence electrons. The number of H-pyrrole nitrogens is 1. The van der Waals surface area contributed by atoms with Gasteiger partial charge in [0.1, 0.15) is 36.3 Å². The topological polar surface area (TPSA) is 370 Å². The number of nitrogens with one attached hydrogen (secondary N) is 7. The van der Waals surface area contributed by atoms with Crippen molar-refractivity contribution in [1.29, 1.82) is 0 Å². The maximum absolute atomic E-state index is 14.8. The molecule has 5 aromatic rings. The Balaban J connectivity index is 1.44. The van der Waals surface area contributed by atoms with Gasteiger partial charge < -0.3 is 69.7 Å². The van der Waals surface area contributed by atoms with Crippen LogP contribution in [-0.2, 0) is 69.0 Å². The summed E-state index contributed by atoms with van der Waals surface area (Å²) < 4.78 is 5.93. The van der Waals surface area contributed by atoms with Crippen molar-refractivity contribution in [3.05, 3.63) is 143 Å². The summed E-state index contributed by atoms with van der Waals surface area (Å²) in [4.78, 5) is 117. The van der Waals surface area contributed by atoms with Crippen LogP contribution in [0.2, 0.25) is 5.02 Å². The lowest BCUT2D eigenvalue weighted by atomic mass is 10.0. The molecule has 0 spiro atoms. The van der Waals surface area contributed by atoms with Crippen LogP contribution in [0.25, 0.3) is 10.9 Å². The number of hydrogen-bond acceptors (Lipinski definition) is 11. The standard InChI is InChI=1S/C56H71ClN12O10/c57-39-24-22-36(23-25-39)29-44(67-55(78)47(34-79-33-37-16-7-4-8-17-37)64-48(70)21-9-1-2-12-26-58)52(75)65-42(20-13-27-62-56(60)61)51(74)68-45(30-38-32-63-41-19-11-10-18-40(38)41)53(76)69-46(31-49(71)72)54(77)66-43(50(59)73)28-35-14-5-3-6-15-35/h3-8,10-11,14-19,22-25,32,42-47,63H,1-2,9,12-13,20-21,26-31,33-34,58H2,(H2,59,73)(H,64,70)(H,65,75)(H,66,77)(H,67,78)(H,68,74)(H,69,76)(H,71,72)(H4,60,61,62)/t42-,43-,44+,45-,46-,47-/m0/s1. The van der Waals surface area contributed by atoms with Crippen LogP contribution < -0.4 is 54.8 Å². The number of carboxylic acids is 1. The van der Waals surface area contributed by atoms with Crippen LogP contribution in [0.3, 0.4) is 0 Å². The van der Waals surface area contributed by atoms with Gasteiger partial charge in [-0.25, -0.2) is 0 Å². The van der Waals surface area contributed by atoms with Gasteiger partial charge in [-0.3, -0.25) is 43.3 Å². The fourth-order valence-corrected chi connectivity index (χ4v) is 8.61. The van der Waals surface area contributed by atoms with Crippen LogP contribution in [0.1, 0.15) is 73.6 Å². The number of hydrogen-bond donors (Lipinski definition) is 12. The number of aromatic amines is 1. The average Bonchev–Trinajstić information content (AvgIpc) is 3.90. The third-order valence-corrected chi connectivity index (χ3v) is 12.9. The predicted molar refractivity (Wildman–Crippen MR) is 298 cm³/mol. The van der Waals surface area contributed by atoms with Crippen molar-refractivity contribution in [1.82, 2.24) is 36.9 Å². The molecule has 1 heterocycles. The first-order valence-electron chi connectivity index (χ1n) is 26.0. The second kappa shape index (κ2) is 32.4. The van der Waals surface area contributed by atoms with E-state index in [1.807, 2.05) is 30.3 Å². The third kappa shape index (κ3) is 21.5. The molecule has 1 aromatic heterocycles. The Morgan fingerprint density at radius 3 is 1.75 bits per heavy atom. The number of aromatic nitrogens is 1. The number of nitrogens with two attached hydrogens (primary N) is 4. The Morgan fingerprint density at radius 2 is 1.10 bits per heavy atom. The Kier molecular flexibility index (Phi) is 25.2. The summed E-state index contributed by atoms with van der Waals surface area (Å²) in [7, 11) is 0. The summed E-state index contributed by atoms with van der Waals surface area (Å²) in [6, 6.07) is 22.8. The van der Waals surface area contributed by atoms with Gasteiger partial charge in [0.15, 0.2) is 5.96 Å². The number of carbonyl (C=O) groups is 8. The quantitative estimate of drug-likeness (QED) is 0.0159. The van der Waals surface area contributed by atoms with E-state index in [9.17, 15) is 43.5 Å². The monoisotopic (exact) mass is 1110 g/mol. The number of benzene rings is 4. The van der Waals surface area contributed by atoms with E-state index in [2.05, 4.69) is 41.9 Å². The number of carbonyl (C=O) groups excluding carboxylic acids is 7. The fraction of sp³-hybridized carbons (Fsp3) is 0.375. The lowest BCUT2D eigenvalue weighted by Crippen LogP contribution is -2.60. The highest BCUT2D eigenvalue weighted by Crippen LogP contribution is 2.20. The van der Waals surface area contributed by atoms with Crippen molar-refractivity contribution in [3.63, 3.8) is 0 Å². The Hall–Kier alpha value is -8.34. The minimum absolute atomic E-state index is 0.0199. The number of ether oxygens (including phenoxy) is 1. The normalized spacial score (nSPS) is 13.3. The molecule has 22 nitrogen and oxygen atoms in total. The molecular weight excluding hydrogens is 1040 g/mol. The molecule has 0 aliphatic rings. The molecule has 79 heavy (non-hydrogen) atoms. The summed E-state index contributed by atoms with van der Waals surface area (Å²) in [5, 5.41) is 26.9. The van der Waals surface area contributed by atoms with Gasteiger partial charge in [0.25, 0.3) is 0 Å². The minimum atomic E-state index is -1.77. The highest BCUT2D eigenvalue weighted by atomic mass is 35.5. The first kappa shape index (κ1) is 61.5. The van der Waals surface area contributed by atoms with Crippen molar-refractivity contribution in [2.24, 2.45) is 27.9 Å². The molecule has 0 aliphatic heterocycles. The lowest BCUT2D eigenvalue weighted by molar-refractivity contribution is -0.141. The first-order chi connectivity index (χ1) is 38.0. The molecule has 0 saturated carbocycles. The van der Waals surface area contributed by atoms with Crippen LogP contribution in [0, 0.1) is 0 Å². The van der Waals surface area contributed by atoms with E-state index in [1.54, 1.807) is 85.1 Å². The molecule has 0 unspecified atom stereocenters. The third-order valence-electron chi connectivity index (χ3n) is 12.7. The van der Waals surface area contributed by atoms with Crippen LogP contribution in [-0.4, -0.2) is 119 Å². The molecule has 0 aliphatic carbocycles. The number of aliphatic imine (C=N–C) groups is 1. The Morgan fingerprint density at radius 1 is 0.570 bits per heavy atom. The van der Waals surface area contributed by atoms with Gasteiger partial charge in [-0.2, -0.15) is 0 Å². The number of primary amides is 1. The van der Waals surface area contributed by atoms with Gasteiger partial charge >= 0.3 is 5.97 Å². The molecule has 16 N–H and O–H groups in total. The zero-order valence-electron chi connectivity index (χ0n) is 43.8. The number of rotatable bonds is 34. The van der Waals surface area contributed by atoms with Gasteiger partial charge in [-0.1, -0.05) is 115 Å². The number of halogens is 1. The minimum Gasteiger partial charge on any atom is -0.481 e. The molecule has 0 saturated heterocycles. The summed E-state index contributed by atoms with van der Waals surface area (Å²) in [6.07, 6.45) is 3.41. The second-order valence-corrected chi connectivity index (χ2v) is 19.3. The van der Waals surface area contributed by atoms with Crippen LogP contribution in [0.5, 0.6) is 0 Å². The highest BCUT2D eigenvalue weighted by Gasteiger charge is 2.35. The number of amides is 7. The molecule has 0 bridgehead atoms. The van der Waals surface area contributed by atoms with E-state index in [0.717, 1.165) is 24.8 Å². The summed E-state index contributed by atoms with van der Waals surface area (Å²) in [5.41, 5.74) is 25.8. The van der Waals surface area contributed by atoms with Crippen LogP contribution in [0.15, 0.2) is 120 Å². The molecule has 5 rings (SSSR count). The van der Waals surface area contributed by atoms with E-state index in [4.69, 9.17) is 39.3 Å². The molecule has 0 radical (unpaired) electrons. The molecule has 4 aromatic carbocycles. The fourth-order valence-electron chi connectivity index (χ4n) is 8.49. The van der Waals surface area contributed by atoms with Crippen molar-refractivity contribution in [3.8, 4) is 0 Å². The van der Waals surface area contributed by atoms with Gasteiger partial charge in [-0.15, -0.1) is 0 Å². The van der Waals surface area contributed by atoms with Gasteiger partial charge in [0.2, 0.25) is 41.4 Å². The lowest BCUT2D eigenvalue weighted by Gasteiger charge is -2.27. The van der Waals surface area contributed by atoms with E-state index >= 15 is 0 Å². The SMILES string of the molecule is NCCCCCCC(=O)N[C@@H](COCc1ccccc1)C(=O)N[C@H](Cc1ccc(Cl)cc1)C(=O)N[C@@H](CCCN=C(N)N)C(=O)N[C@@H](Cc1c[nH]c2ccccc12)C(=O)N[C@@H](CC(=O)O)C(=O)N[C@@H](Cc1ccccc1)C(N)=O. The summed E-state index contributed by atoms with van der Waals surface area (Å²) in [5.74, 6) is -7.53. The number of guanidine groups is 1. The number of aliphatic carboxylic acids is 1. The van der Waals surface area contributed by atoms with Crippen molar-refractivity contribution in [2.45, 2.75) is 113 Å². The maximum atomic E-state index is 14.8. The second-order valence-electron chi connectivity index (χ2n) is 18.9. The molecule has 23 heteroatoms. The van der Waals surface area contributed by atoms with Crippen molar-refractivity contribution in [2.75, 3.05) is 19.7 Å². The van der Waals surface area contributed by atoms with Crippen molar-refractivity contribution < 1.29 is 48.2 Å². The van der Waals surface area contributed by atoms with Crippen LogP contribution in [0.4, 0.5) is 0 Å². The van der Waals surface area contributed by atoms with E-state index < -0.39 is 90.0 Å². The molecule has 0 fully saturated rings. The Labute approximate surface area is 462 Å². The van der Waals surface area contributed by atoms with E-state index in [-0.39, 0.29) is 64.2 Å². The Bertz CT molecular complexity index is 2830. The maximum Gasteiger partial charge on any atom is 0.305 e. The van der Waals surface area contributed by atoms with Gasteiger partial charge in [-0.05, 0) is 72.7 Å². The van der Waals surface area contributed by atoms with E-state index in [0.29, 0.717) is 45.6 Å². The average molecular weight is 1110 g/mol. The van der Waals surface area contributed by atoms with Gasteiger partial charge in [0.05, 0.1) is 19.6 Å². The number of unbranched alkanes of at least 4 members (excludes halogenated alkanes) is 3. The summed E-state index contributed by atoms with van der Waals surface area (Å²) in [6.45, 7) is 0.397. The zero-order valence-corrected chi connectivity index (χ0v) is 44.6. The predicted octanol–water partition coefficient (Wildman–Crippen LogP) is 1.90. The number of nitrogens with zero attached hydrogens (tertiary/aromatic N) is 1. The number of fused-ring (bicyclic) bond motifs is 1.